The number of rotatable bonds is 4. The number of aromatic nitrogens is 4. The number of carbonyl (C=O) groups is 1. The first-order valence-electron chi connectivity index (χ1n) is 9.16. The van der Waals surface area contributed by atoms with Crippen molar-refractivity contribution >= 4 is 29.1 Å². The standard InChI is InChI=1S/C20H19ClN6O/c21-18-13-15(5-8-23-18)25-20-24-9-6-16(26-20)14-4-7-22-17(12-14)19(28)27-10-2-1-3-11-27/h4-9,12-13H,1-3,10-11H2,(H,23,24,25,26). The molecule has 28 heavy (non-hydrogen) atoms. The molecule has 1 saturated heterocycles. The number of piperidine rings is 1. The molecule has 0 saturated carbocycles. The summed E-state index contributed by atoms with van der Waals surface area (Å²) in [6.45, 7) is 1.58. The Morgan fingerprint density at radius 2 is 1.75 bits per heavy atom. The summed E-state index contributed by atoms with van der Waals surface area (Å²) < 4.78 is 0. The van der Waals surface area contributed by atoms with Crippen LogP contribution >= 0.6 is 11.6 Å². The van der Waals surface area contributed by atoms with Gasteiger partial charge in [0.1, 0.15) is 10.8 Å². The van der Waals surface area contributed by atoms with Crippen molar-refractivity contribution in [2.75, 3.05) is 18.4 Å². The van der Waals surface area contributed by atoms with Gasteiger partial charge in [0.2, 0.25) is 5.95 Å². The Hall–Kier alpha value is -3.06. The number of nitrogens with one attached hydrogen (secondary N) is 1. The van der Waals surface area contributed by atoms with Crippen LogP contribution in [0.4, 0.5) is 11.6 Å². The summed E-state index contributed by atoms with van der Waals surface area (Å²) in [4.78, 5) is 31.6. The van der Waals surface area contributed by atoms with Crippen LogP contribution in [0.1, 0.15) is 29.8 Å². The van der Waals surface area contributed by atoms with E-state index in [0.717, 1.165) is 37.2 Å². The van der Waals surface area contributed by atoms with Crippen molar-refractivity contribution in [3.63, 3.8) is 0 Å². The Kier molecular flexibility index (Phi) is 5.43. The second-order valence-corrected chi connectivity index (χ2v) is 6.93. The highest BCUT2D eigenvalue weighted by molar-refractivity contribution is 6.29. The van der Waals surface area contributed by atoms with Gasteiger partial charge in [-0.1, -0.05) is 11.6 Å². The van der Waals surface area contributed by atoms with Crippen molar-refractivity contribution in [3.05, 3.63) is 59.8 Å². The molecule has 0 unspecified atom stereocenters. The van der Waals surface area contributed by atoms with E-state index in [1.807, 2.05) is 11.0 Å². The van der Waals surface area contributed by atoms with Crippen LogP contribution in [0, 0.1) is 0 Å². The molecule has 1 amide bonds. The van der Waals surface area contributed by atoms with Crippen LogP contribution in [-0.4, -0.2) is 43.8 Å². The van der Waals surface area contributed by atoms with Gasteiger partial charge in [-0.25, -0.2) is 15.0 Å². The summed E-state index contributed by atoms with van der Waals surface area (Å²) >= 11 is 5.91. The average molecular weight is 395 g/mol. The van der Waals surface area contributed by atoms with Gasteiger partial charge in [-0.2, -0.15) is 0 Å². The van der Waals surface area contributed by atoms with E-state index in [-0.39, 0.29) is 5.91 Å². The molecule has 1 aliphatic heterocycles. The van der Waals surface area contributed by atoms with E-state index in [2.05, 4.69) is 25.3 Å². The van der Waals surface area contributed by atoms with Gasteiger partial charge in [0.15, 0.2) is 0 Å². The summed E-state index contributed by atoms with van der Waals surface area (Å²) in [6, 6.07) is 8.90. The van der Waals surface area contributed by atoms with Crippen LogP contribution in [0.2, 0.25) is 5.15 Å². The average Bonchev–Trinajstić information content (AvgIpc) is 2.74. The van der Waals surface area contributed by atoms with E-state index in [4.69, 9.17) is 11.6 Å². The summed E-state index contributed by atoms with van der Waals surface area (Å²) in [7, 11) is 0. The van der Waals surface area contributed by atoms with Crippen molar-refractivity contribution in [1.29, 1.82) is 0 Å². The highest BCUT2D eigenvalue weighted by Gasteiger charge is 2.19. The zero-order valence-corrected chi connectivity index (χ0v) is 15.9. The summed E-state index contributed by atoms with van der Waals surface area (Å²) in [5.74, 6) is 0.404. The molecule has 1 aliphatic rings. The number of hydrogen-bond donors (Lipinski definition) is 1. The van der Waals surface area contributed by atoms with Crippen molar-refractivity contribution in [2.45, 2.75) is 19.3 Å². The number of amides is 1. The topological polar surface area (TPSA) is 83.9 Å². The van der Waals surface area contributed by atoms with E-state index in [1.54, 1.807) is 42.9 Å². The third kappa shape index (κ3) is 4.26. The SMILES string of the molecule is O=C(c1cc(-c2ccnc(Nc3ccnc(Cl)c3)n2)ccn1)N1CCCCC1. The van der Waals surface area contributed by atoms with E-state index in [1.165, 1.54) is 6.42 Å². The fourth-order valence-corrected chi connectivity index (χ4v) is 3.33. The van der Waals surface area contributed by atoms with E-state index in [9.17, 15) is 4.79 Å². The maximum atomic E-state index is 12.7. The summed E-state index contributed by atoms with van der Waals surface area (Å²) in [5.41, 5.74) is 2.70. The van der Waals surface area contributed by atoms with Crippen LogP contribution in [0.25, 0.3) is 11.3 Å². The fourth-order valence-electron chi connectivity index (χ4n) is 3.15. The Labute approximate surface area is 167 Å². The zero-order chi connectivity index (χ0) is 19.3. The van der Waals surface area contributed by atoms with Crippen LogP contribution in [-0.2, 0) is 0 Å². The minimum atomic E-state index is -0.0274. The van der Waals surface area contributed by atoms with Gasteiger partial charge in [0.25, 0.3) is 5.91 Å². The minimum Gasteiger partial charge on any atom is -0.337 e. The van der Waals surface area contributed by atoms with Crippen LogP contribution in [0.3, 0.4) is 0 Å². The molecule has 0 spiro atoms. The number of hydrogen-bond acceptors (Lipinski definition) is 6. The second kappa shape index (κ2) is 8.31. The molecule has 0 atom stereocenters. The Morgan fingerprint density at radius 3 is 2.57 bits per heavy atom. The fraction of sp³-hybridized carbons (Fsp3) is 0.250. The third-order valence-corrected chi connectivity index (χ3v) is 4.76. The molecular formula is C20H19ClN6O. The van der Waals surface area contributed by atoms with Crippen LogP contribution in [0.5, 0.6) is 0 Å². The lowest BCUT2D eigenvalue weighted by atomic mass is 10.1. The molecule has 0 aromatic carbocycles. The first-order valence-corrected chi connectivity index (χ1v) is 9.54. The zero-order valence-electron chi connectivity index (χ0n) is 15.2. The van der Waals surface area contributed by atoms with Crippen LogP contribution < -0.4 is 5.32 Å². The van der Waals surface area contributed by atoms with Crippen molar-refractivity contribution in [1.82, 2.24) is 24.8 Å². The maximum absolute atomic E-state index is 12.7. The molecule has 0 radical (unpaired) electrons. The second-order valence-electron chi connectivity index (χ2n) is 6.54. The van der Waals surface area contributed by atoms with E-state index in [0.29, 0.717) is 22.5 Å². The molecule has 0 aliphatic carbocycles. The largest absolute Gasteiger partial charge is 0.337 e. The van der Waals surface area contributed by atoms with Gasteiger partial charge in [0, 0.05) is 42.9 Å². The number of likely N-dealkylation sites (tertiary alicyclic amines) is 1. The molecule has 142 valence electrons. The van der Waals surface area contributed by atoms with Gasteiger partial charge in [-0.05, 0) is 49.6 Å². The molecule has 1 fully saturated rings. The smallest absolute Gasteiger partial charge is 0.272 e. The maximum Gasteiger partial charge on any atom is 0.272 e. The van der Waals surface area contributed by atoms with Gasteiger partial charge in [-0.15, -0.1) is 0 Å². The molecule has 7 nitrogen and oxygen atoms in total. The molecule has 1 N–H and O–H groups in total. The summed E-state index contributed by atoms with van der Waals surface area (Å²) in [5, 5.41) is 3.49. The van der Waals surface area contributed by atoms with E-state index >= 15 is 0 Å². The Morgan fingerprint density at radius 1 is 0.964 bits per heavy atom. The highest BCUT2D eigenvalue weighted by Crippen LogP contribution is 2.21. The van der Waals surface area contributed by atoms with E-state index < -0.39 is 0 Å². The lowest BCUT2D eigenvalue weighted by molar-refractivity contribution is 0.0718. The Bertz CT molecular complexity index is 990. The van der Waals surface area contributed by atoms with Gasteiger partial charge in [0.05, 0.1) is 5.69 Å². The third-order valence-electron chi connectivity index (χ3n) is 4.56. The van der Waals surface area contributed by atoms with Crippen molar-refractivity contribution < 1.29 is 4.79 Å². The molecule has 4 rings (SSSR count). The van der Waals surface area contributed by atoms with Gasteiger partial charge in [-0.3, -0.25) is 9.78 Å². The van der Waals surface area contributed by atoms with Gasteiger partial charge >= 0.3 is 0 Å². The first-order chi connectivity index (χ1) is 13.7. The van der Waals surface area contributed by atoms with Crippen molar-refractivity contribution in [3.8, 4) is 11.3 Å². The molecule has 0 bridgehead atoms. The molecule has 4 heterocycles. The number of nitrogens with zero attached hydrogens (tertiary/aromatic N) is 5. The monoisotopic (exact) mass is 394 g/mol. The molecule has 8 heteroatoms. The highest BCUT2D eigenvalue weighted by atomic mass is 35.5. The van der Waals surface area contributed by atoms with Crippen molar-refractivity contribution in [2.24, 2.45) is 0 Å². The Balaban J connectivity index is 1.56. The lowest BCUT2D eigenvalue weighted by Crippen LogP contribution is -2.36. The number of anilines is 2. The number of halogens is 1. The predicted octanol–water partition coefficient (Wildman–Crippen LogP) is 3.96. The predicted molar refractivity (Wildman–Crippen MR) is 108 cm³/mol. The normalized spacial score (nSPS) is 14.0. The molecule has 3 aromatic heterocycles. The molecular weight excluding hydrogens is 376 g/mol. The number of carbonyl (C=O) groups excluding carboxylic acids is 1. The number of pyridine rings is 2. The van der Waals surface area contributed by atoms with Gasteiger partial charge < -0.3 is 10.2 Å². The summed E-state index contributed by atoms with van der Waals surface area (Å²) in [6.07, 6.45) is 8.19. The van der Waals surface area contributed by atoms with Crippen LogP contribution in [0.15, 0.2) is 48.9 Å². The molecule has 3 aromatic rings. The quantitative estimate of drug-likeness (QED) is 0.674. The minimum absolute atomic E-state index is 0.0274. The lowest BCUT2D eigenvalue weighted by Gasteiger charge is -2.26. The first kappa shape index (κ1) is 18.3.